The predicted octanol–water partition coefficient (Wildman–Crippen LogP) is -1.48. The number of rotatable bonds is 1. The van der Waals surface area contributed by atoms with Crippen molar-refractivity contribution in [2.24, 2.45) is 0 Å². The molecule has 2 rings (SSSR count). The Kier molecular flexibility index (Phi) is 1.32. The van der Waals surface area contributed by atoms with Crippen LogP contribution in [0.2, 0.25) is 0 Å². The summed E-state index contributed by atoms with van der Waals surface area (Å²) in [6.45, 7) is 0. The Bertz CT molecular complexity index is 433. The summed E-state index contributed by atoms with van der Waals surface area (Å²) in [6, 6.07) is -0.144. The van der Waals surface area contributed by atoms with Gasteiger partial charge in [0.1, 0.15) is 0 Å². The van der Waals surface area contributed by atoms with E-state index in [-0.39, 0.29) is 28.3 Å². The summed E-state index contributed by atoms with van der Waals surface area (Å²) >= 11 is 0. The number of nitrogens with zero attached hydrogens (tertiary/aromatic N) is 4. The molecular formula is C4H4N6O3. The van der Waals surface area contributed by atoms with Gasteiger partial charge in [0.2, 0.25) is 0 Å². The lowest BCUT2D eigenvalue weighted by molar-refractivity contribution is -0.790. The Morgan fingerprint density at radius 1 is 1.31 bits per heavy atom. The average molecular weight is 184 g/mol. The lowest BCUT2D eigenvalue weighted by Gasteiger charge is -1.85. The Balaban J connectivity index is 2.52. The van der Waals surface area contributed by atoms with Crippen LogP contribution in [0.4, 0.5) is 11.8 Å². The van der Waals surface area contributed by atoms with Gasteiger partial charge in [0.05, 0.1) is 0 Å². The Labute approximate surface area is 70.5 Å². The summed E-state index contributed by atoms with van der Waals surface area (Å²) in [5, 5.41) is 20.8. The summed E-state index contributed by atoms with van der Waals surface area (Å²) in [5.41, 5.74) is 10.4. The second kappa shape index (κ2) is 2.33. The molecule has 0 aliphatic carbocycles. The van der Waals surface area contributed by atoms with Crippen molar-refractivity contribution in [2.45, 2.75) is 0 Å². The van der Waals surface area contributed by atoms with Gasteiger partial charge in [0, 0.05) is 0 Å². The fourth-order valence-electron chi connectivity index (χ4n) is 0.734. The molecular weight excluding hydrogens is 180 g/mol. The summed E-state index contributed by atoms with van der Waals surface area (Å²) in [6.07, 6.45) is 0. The average Bonchev–Trinajstić information content (AvgIpc) is 2.62. The van der Waals surface area contributed by atoms with Crippen molar-refractivity contribution in [3.8, 4) is 11.6 Å². The zero-order chi connectivity index (χ0) is 9.42. The van der Waals surface area contributed by atoms with E-state index in [0.29, 0.717) is 0 Å². The van der Waals surface area contributed by atoms with Crippen molar-refractivity contribution in [1.82, 2.24) is 15.4 Å². The van der Waals surface area contributed by atoms with Crippen LogP contribution in [-0.4, -0.2) is 15.4 Å². The predicted molar refractivity (Wildman–Crippen MR) is 37.6 cm³/mol. The maximum Gasteiger partial charge on any atom is 0.313 e. The van der Waals surface area contributed by atoms with E-state index in [0.717, 1.165) is 0 Å². The molecule has 0 radical (unpaired) electrons. The van der Waals surface area contributed by atoms with Crippen LogP contribution in [0.1, 0.15) is 0 Å². The van der Waals surface area contributed by atoms with E-state index in [4.69, 9.17) is 15.9 Å². The lowest BCUT2D eigenvalue weighted by atomic mass is 10.4. The zero-order valence-electron chi connectivity index (χ0n) is 6.17. The number of nitrogen functional groups attached to an aromatic ring is 2. The third kappa shape index (κ3) is 1.02. The van der Waals surface area contributed by atoms with Gasteiger partial charge < -0.3 is 25.7 Å². The first-order chi connectivity index (χ1) is 6.18. The number of hydrogen-bond donors (Lipinski definition) is 2. The maximum atomic E-state index is 10.7. The fraction of sp³-hybridized carbons (Fsp3) is 0. The van der Waals surface area contributed by atoms with E-state index < -0.39 is 0 Å². The second-order valence-electron chi connectivity index (χ2n) is 2.11. The number of nitrogens with two attached hydrogens (primary N) is 2. The third-order valence-corrected chi connectivity index (χ3v) is 1.29. The number of anilines is 2. The molecule has 0 bridgehead atoms. The molecule has 0 aliphatic heterocycles. The summed E-state index contributed by atoms with van der Waals surface area (Å²) in [7, 11) is 0. The van der Waals surface area contributed by atoms with Crippen molar-refractivity contribution in [3.05, 3.63) is 5.21 Å². The molecule has 9 nitrogen and oxygen atoms in total. The molecule has 0 atom stereocenters. The number of aromatic nitrogens is 4. The van der Waals surface area contributed by atoms with Crippen LogP contribution in [-0.2, 0) is 0 Å². The minimum atomic E-state index is -0.261. The largest absolute Gasteiger partial charge is 0.400 e. The highest BCUT2D eigenvalue weighted by Gasteiger charge is 2.21. The van der Waals surface area contributed by atoms with E-state index in [9.17, 15) is 5.21 Å². The molecule has 2 aromatic heterocycles. The minimum Gasteiger partial charge on any atom is -0.400 e. The quantitative estimate of drug-likeness (QED) is 0.510. The molecule has 0 spiro atoms. The molecule has 0 aromatic carbocycles. The third-order valence-electron chi connectivity index (χ3n) is 1.29. The van der Waals surface area contributed by atoms with Crippen molar-refractivity contribution < 1.29 is 13.9 Å². The zero-order valence-corrected chi connectivity index (χ0v) is 6.17. The van der Waals surface area contributed by atoms with Crippen molar-refractivity contribution in [2.75, 3.05) is 11.5 Å². The molecule has 13 heavy (non-hydrogen) atoms. The smallest absolute Gasteiger partial charge is 0.313 e. The van der Waals surface area contributed by atoms with Gasteiger partial charge in [-0.1, -0.05) is 10.0 Å². The van der Waals surface area contributed by atoms with Crippen LogP contribution >= 0.6 is 0 Å². The van der Waals surface area contributed by atoms with Gasteiger partial charge in [-0.15, -0.1) is 5.10 Å². The number of hydrogen-bond acceptors (Lipinski definition) is 8. The normalized spacial score (nSPS) is 10.5. The first kappa shape index (κ1) is 7.34. The molecule has 68 valence electrons. The van der Waals surface area contributed by atoms with Gasteiger partial charge in [0.15, 0.2) is 0 Å². The van der Waals surface area contributed by atoms with Crippen LogP contribution in [0.25, 0.3) is 11.6 Å². The molecule has 2 aromatic rings. The van der Waals surface area contributed by atoms with E-state index in [1.165, 1.54) is 0 Å². The van der Waals surface area contributed by atoms with E-state index in [1.807, 2.05) is 0 Å². The molecule has 0 unspecified atom stereocenters. The van der Waals surface area contributed by atoms with Crippen LogP contribution < -0.4 is 16.4 Å². The first-order valence-electron chi connectivity index (χ1n) is 3.13. The lowest BCUT2D eigenvalue weighted by Crippen LogP contribution is -2.26. The Morgan fingerprint density at radius 3 is 2.54 bits per heavy atom. The van der Waals surface area contributed by atoms with Gasteiger partial charge in [-0.3, -0.25) is 0 Å². The summed E-state index contributed by atoms with van der Waals surface area (Å²) in [4.78, 5) is 0.0235. The summed E-state index contributed by atoms with van der Waals surface area (Å²) in [5.74, 6) is -0.322. The van der Waals surface area contributed by atoms with Crippen LogP contribution in [0, 0.1) is 5.21 Å². The summed E-state index contributed by atoms with van der Waals surface area (Å²) < 4.78 is 8.94. The highest BCUT2D eigenvalue weighted by atomic mass is 16.8. The highest BCUT2D eigenvalue weighted by Crippen LogP contribution is 2.19. The van der Waals surface area contributed by atoms with Gasteiger partial charge in [-0.05, 0) is 5.16 Å². The van der Waals surface area contributed by atoms with Crippen molar-refractivity contribution in [1.29, 1.82) is 0 Å². The second-order valence-corrected chi connectivity index (χ2v) is 2.11. The van der Waals surface area contributed by atoms with Crippen LogP contribution in [0.3, 0.4) is 0 Å². The molecule has 0 amide bonds. The maximum absolute atomic E-state index is 10.7. The molecule has 0 aliphatic rings. The van der Waals surface area contributed by atoms with Gasteiger partial charge in [-0.25, -0.2) is 0 Å². The van der Waals surface area contributed by atoms with Crippen molar-refractivity contribution >= 4 is 11.8 Å². The molecule has 2 heterocycles. The molecule has 0 saturated carbocycles. The van der Waals surface area contributed by atoms with Gasteiger partial charge >= 0.3 is 11.8 Å². The minimum absolute atomic E-state index is 0.0235. The van der Waals surface area contributed by atoms with Gasteiger partial charge in [0.25, 0.3) is 11.6 Å². The Morgan fingerprint density at radius 2 is 2.08 bits per heavy atom. The standard InChI is InChI=1S/C4H4N6O3/c5-2-1(9-13-10(2)11)3-7-8-4(6)12-3/h5H2,(H2,6,8). The first-order valence-corrected chi connectivity index (χ1v) is 3.13. The van der Waals surface area contributed by atoms with E-state index in [2.05, 4.69) is 20.0 Å². The molecule has 9 heteroatoms. The van der Waals surface area contributed by atoms with E-state index in [1.54, 1.807) is 0 Å². The highest BCUT2D eigenvalue weighted by molar-refractivity contribution is 5.58. The van der Waals surface area contributed by atoms with Crippen molar-refractivity contribution in [3.63, 3.8) is 0 Å². The van der Waals surface area contributed by atoms with E-state index >= 15 is 0 Å². The SMILES string of the molecule is Nc1nnc(-c2no[n+]([O-])c2N)o1. The van der Waals surface area contributed by atoms with Crippen LogP contribution in [0.15, 0.2) is 9.05 Å². The van der Waals surface area contributed by atoms with Gasteiger partial charge in [-0.2, -0.15) is 0 Å². The monoisotopic (exact) mass is 184 g/mol. The molecule has 0 fully saturated rings. The molecule has 0 saturated heterocycles. The molecule has 4 N–H and O–H groups in total. The topological polar surface area (TPSA) is 144 Å². The fourth-order valence-corrected chi connectivity index (χ4v) is 0.734. The Hall–Kier alpha value is -2.32. The van der Waals surface area contributed by atoms with Crippen LogP contribution in [0.5, 0.6) is 0 Å².